The largest absolute Gasteiger partial charge is 0.420 e. The molecule has 1 aromatic rings. The smallest absolute Gasteiger partial charge is 0.200 e. The maximum Gasteiger partial charge on any atom is 0.200 e. The zero-order valence-corrected chi connectivity index (χ0v) is 13.8. The quantitative estimate of drug-likeness (QED) is 0.316. The normalized spacial score (nSPS) is 22.9. The lowest BCUT2D eigenvalue weighted by Gasteiger charge is -2.36. The van der Waals surface area contributed by atoms with E-state index in [0.717, 1.165) is 0 Å². The van der Waals surface area contributed by atoms with Crippen molar-refractivity contribution in [1.82, 2.24) is 0 Å². The summed E-state index contributed by atoms with van der Waals surface area (Å²) in [6.07, 6.45) is 2.17. The molecule has 7 heteroatoms. The van der Waals surface area contributed by atoms with Crippen molar-refractivity contribution < 1.29 is 26.4 Å². The van der Waals surface area contributed by atoms with Crippen molar-refractivity contribution in [3.05, 3.63) is 34.6 Å². The van der Waals surface area contributed by atoms with Gasteiger partial charge in [0.1, 0.15) is 0 Å². The molecule has 1 fully saturated rings. The molecule has 1 nitrogen and oxygen atoms in total. The highest BCUT2D eigenvalue weighted by atomic mass is 28.4. The Balaban J connectivity index is 2.26. The predicted molar refractivity (Wildman–Crippen MR) is 75.7 cm³/mol. The average molecular weight is 338 g/mol. The van der Waals surface area contributed by atoms with Crippen LogP contribution in [0.15, 0.2) is 0 Å². The molecule has 0 saturated heterocycles. The molecule has 0 aliphatic heterocycles. The average Bonchev–Trinajstić information content (AvgIpc) is 2.52. The molecule has 0 aromatic heterocycles. The summed E-state index contributed by atoms with van der Waals surface area (Å²) in [5.41, 5.74) is -0.332. The topological polar surface area (TPSA) is 9.23 Å². The third-order valence-electron chi connectivity index (χ3n) is 4.89. The minimum atomic E-state index is -2.10. The molecular formula is C15H19F5OSi. The summed E-state index contributed by atoms with van der Waals surface area (Å²) >= 11 is 0. The van der Waals surface area contributed by atoms with Gasteiger partial charge in [0.05, 0.1) is 0 Å². The summed E-state index contributed by atoms with van der Waals surface area (Å²) in [6.45, 7) is 4.13. The maximum atomic E-state index is 13.8. The molecule has 0 heterocycles. The Bertz CT molecular complexity index is 539. The van der Waals surface area contributed by atoms with Crippen LogP contribution in [-0.4, -0.2) is 15.4 Å². The number of rotatable bonds is 3. The summed E-state index contributed by atoms with van der Waals surface area (Å²) in [7, 11) is -0.205. The minimum absolute atomic E-state index is 0.329. The van der Waals surface area contributed by atoms with Crippen LogP contribution in [0.1, 0.15) is 37.2 Å². The first-order chi connectivity index (χ1) is 10.2. The molecule has 22 heavy (non-hydrogen) atoms. The van der Waals surface area contributed by atoms with E-state index in [4.69, 9.17) is 4.43 Å². The van der Waals surface area contributed by atoms with Crippen molar-refractivity contribution in [3.8, 4) is 0 Å². The fourth-order valence-electron chi connectivity index (χ4n) is 3.22. The third kappa shape index (κ3) is 2.93. The molecule has 1 aliphatic carbocycles. The van der Waals surface area contributed by atoms with Gasteiger partial charge in [-0.05, 0) is 37.4 Å². The SMILES string of the molecule is CO[Si](C)(C)C1CCC(c2c(F)c(F)c(F)c(F)c2F)CC1. The van der Waals surface area contributed by atoms with Crippen LogP contribution in [0.5, 0.6) is 0 Å². The fourth-order valence-corrected chi connectivity index (χ4v) is 5.28. The van der Waals surface area contributed by atoms with Gasteiger partial charge in [0, 0.05) is 12.7 Å². The van der Waals surface area contributed by atoms with Crippen LogP contribution in [0.2, 0.25) is 18.6 Å². The van der Waals surface area contributed by atoms with Crippen molar-refractivity contribution in [1.29, 1.82) is 0 Å². The van der Waals surface area contributed by atoms with E-state index >= 15 is 0 Å². The summed E-state index contributed by atoms with van der Waals surface area (Å²) in [6, 6.07) is 0. The first-order valence-corrected chi connectivity index (χ1v) is 10.3. The van der Waals surface area contributed by atoms with E-state index in [-0.39, 0.29) is 0 Å². The summed E-state index contributed by atoms with van der Waals surface area (Å²) < 4.78 is 72.9. The first kappa shape index (κ1) is 17.4. The van der Waals surface area contributed by atoms with Gasteiger partial charge in [0.25, 0.3) is 0 Å². The standard InChI is InChI=1S/C15H19F5OSi/c1-21-22(2,3)9-6-4-8(5-7-9)10-11(16)13(18)15(20)14(19)12(10)17/h8-9H,4-7H2,1-3H3. The summed E-state index contributed by atoms with van der Waals surface area (Å²) in [4.78, 5) is 0. The van der Waals surface area contributed by atoms with Gasteiger partial charge in [-0.1, -0.05) is 12.8 Å². The van der Waals surface area contributed by atoms with Crippen LogP contribution >= 0.6 is 0 Å². The monoisotopic (exact) mass is 338 g/mol. The Morgan fingerprint density at radius 3 is 1.59 bits per heavy atom. The predicted octanol–water partition coefficient (Wildman–Crippen LogP) is 5.26. The lowest BCUT2D eigenvalue weighted by atomic mass is 9.83. The van der Waals surface area contributed by atoms with Crippen LogP contribution in [-0.2, 0) is 4.43 Å². The number of hydrogen-bond donors (Lipinski definition) is 0. The lowest BCUT2D eigenvalue weighted by Crippen LogP contribution is -2.37. The highest BCUT2D eigenvalue weighted by Crippen LogP contribution is 2.45. The molecule has 0 N–H and O–H groups in total. The van der Waals surface area contributed by atoms with Crippen LogP contribution in [0.3, 0.4) is 0 Å². The van der Waals surface area contributed by atoms with E-state index < -0.39 is 48.9 Å². The fraction of sp³-hybridized carbons (Fsp3) is 0.600. The second-order valence-corrected chi connectivity index (χ2v) is 10.8. The molecule has 0 amide bonds. The highest BCUT2D eigenvalue weighted by molar-refractivity contribution is 6.72. The minimum Gasteiger partial charge on any atom is -0.420 e. The van der Waals surface area contributed by atoms with Gasteiger partial charge in [0.2, 0.25) is 5.82 Å². The Morgan fingerprint density at radius 1 is 0.773 bits per heavy atom. The van der Waals surface area contributed by atoms with E-state index in [1.54, 1.807) is 7.11 Å². The van der Waals surface area contributed by atoms with Crippen molar-refractivity contribution in [2.24, 2.45) is 0 Å². The summed E-state index contributed by atoms with van der Waals surface area (Å²) in [5.74, 6) is -9.83. The Hall–Kier alpha value is -0.953. The van der Waals surface area contributed by atoms with E-state index in [2.05, 4.69) is 13.1 Å². The number of benzene rings is 1. The van der Waals surface area contributed by atoms with Crippen molar-refractivity contribution in [3.63, 3.8) is 0 Å². The second kappa shape index (κ2) is 6.27. The Labute approximate surface area is 127 Å². The van der Waals surface area contributed by atoms with Gasteiger partial charge in [-0.15, -0.1) is 0 Å². The van der Waals surface area contributed by atoms with Gasteiger partial charge in [-0.25, -0.2) is 22.0 Å². The van der Waals surface area contributed by atoms with Crippen LogP contribution in [0, 0.1) is 29.1 Å². The lowest BCUT2D eigenvalue weighted by molar-refractivity contribution is 0.328. The molecule has 0 radical (unpaired) electrons. The van der Waals surface area contributed by atoms with Crippen LogP contribution in [0.4, 0.5) is 22.0 Å². The van der Waals surface area contributed by atoms with Crippen molar-refractivity contribution >= 4 is 8.32 Å². The molecule has 1 aliphatic rings. The molecule has 0 spiro atoms. The van der Waals surface area contributed by atoms with Gasteiger partial charge < -0.3 is 4.43 Å². The van der Waals surface area contributed by atoms with Crippen molar-refractivity contribution in [2.75, 3.05) is 7.11 Å². The summed E-state index contributed by atoms with van der Waals surface area (Å²) in [5, 5.41) is 0. The van der Waals surface area contributed by atoms with E-state index in [1.165, 1.54) is 0 Å². The molecule has 0 atom stereocenters. The van der Waals surface area contributed by atoms with Gasteiger partial charge in [-0.3, -0.25) is 0 Å². The molecule has 0 unspecified atom stereocenters. The zero-order chi connectivity index (χ0) is 16.7. The molecule has 124 valence electrons. The Kier molecular flexibility index (Phi) is 4.96. The molecule has 0 bridgehead atoms. The Morgan fingerprint density at radius 2 is 1.18 bits per heavy atom. The van der Waals surface area contributed by atoms with Crippen LogP contribution in [0.25, 0.3) is 0 Å². The van der Waals surface area contributed by atoms with E-state index in [9.17, 15) is 22.0 Å². The zero-order valence-electron chi connectivity index (χ0n) is 12.8. The van der Waals surface area contributed by atoms with Gasteiger partial charge in [-0.2, -0.15) is 0 Å². The molecule has 1 aromatic carbocycles. The van der Waals surface area contributed by atoms with E-state index in [0.29, 0.717) is 31.2 Å². The maximum absolute atomic E-state index is 13.8. The van der Waals surface area contributed by atoms with Crippen LogP contribution < -0.4 is 0 Å². The highest BCUT2D eigenvalue weighted by Gasteiger charge is 2.38. The second-order valence-electron chi connectivity index (χ2n) is 6.34. The molecular weight excluding hydrogens is 319 g/mol. The molecule has 1 saturated carbocycles. The van der Waals surface area contributed by atoms with Gasteiger partial charge in [0.15, 0.2) is 31.6 Å². The first-order valence-electron chi connectivity index (χ1n) is 7.27. The van der Waals surface area contributed by atoms with E-state index in [1.807, 2.05) is 0 Å². The molecule has 2 rings (SSSR count). The van der Waals surface area contributed by atoms with Gasteiger partial charge >= 0.3 is 0 Å². The number of hydrogen-bond acceptors (Lipinski definition) is 1. The van der Waals surface area contributed by atoms with Crippen molar-refractivity contribution in [2.45, 2.75) is 50.2 Å². The number of halogens is 5. The third-order valence-corrected chi connectivity index (χ3v) is 8.48.